The number of hydrogen-bond donors (Lipinski definition) is 1. The predicted octanol–water partition coefficient (Wildman–Crippen LogP) is 1.86. The molecule has 0 saturated heterocycles. The Bertz CT molecular complexity index is 315. The lowest BCUT2D eigenvalue weighted by molar-refractivity contribution is 0.0857. The summed E-state index contributed by atoms with van der Waals surface area (Å²) >= 11 is 0. The average molecular weight is 223 g/mol. The normalized spacial score (nSPS) is 14.5. The second-order valence-corrected chi connectivity index (χ2v) is 3.89. The van der Waals surface area contributed by atoms with Crippen molar-refractivity contribution in [2.75, 3.05) is 21.3 Å². The standard InChI is InChI=1S/C13H21NO2/c1-10(15-3)13(14-2)9-11-6-5-7-12(8-11)16-4/h5-8,10,13-14H,9H2,1-4H3. The molecule has 1 aromatic carbocycles. The molecule has 1 rings (SSSR count). The van der Waals surface area contributed by atoms with E-state index in [1.54, 1.807) is 14.2 Å². The van der Waals surface area contributed by atoms with Crippen LogP contribution in [-0.4, -0.2) is 33.4 Å². The van der Waals surface area contributed by atoms with Crippen molar-refractivity contribution in [3.8, 4) is 5.75 Å². The Kier molecular flexibility index (Phi) is 5.29. The van der Waals surface area contributed by atoms with Gasteiger partial charge in [-0.1, -0.05) is 12.1 Å². The van der Waals surface area contributed by atoms with E-state index in [1.807, 2.05) is 19.2 Å². The van der Waals surface area contributed by atoms with Gasteiger partial charge in [0.2, 0.25) is 0 Å². The highest BCUT2D eigenvalue weighted by Gasteiger charge is 2.15. The summed E-state index contributed by atoms with van der Waals surface area (Å²) in [5, 5.41) is 3.27. The van der Waals surface area contributed by atoms with Crippen LogP contribution in [0, 0.1) is 0 Å². The maximum Gasteiger partial charge on any atom is 0.119 e. The maximum atomic E-state index is 5.34. The van der Waals surface area contributed by atoms with Crippen molar-refractivity contribution < 1.29 is 9.47 Å². The molecule has 0 saturated carbocycles. The van der Waals surface area contributed by atoms with E-state index < -0.39 is 0 Å². The van der Waals surface area contributed by atoms with Crippen LogP contribution in [0.15, 0.2) is 24.3 Å². The summed E-state index contributed by atoms with van der Waals surface area (Å²) in [6, 6.07) is 8.45. The molecule has 3 nitrogen and oxygen atoms in total. The molecule has 0 fully saturated rings. The summed E-state index contributed by atoms with van der Waals surface area (Å²) in [7, 11) is 5.38. The van der Waals surface area contributed by atoms with E-state index in [-0.39, 0.29) is 6.10 Å². The van der Waals surface area contributed by atoms with Gasteiger partial charge >= 0.3 is 0 Å². The average Bonchev–Trinajstić information content (AvgIpc) is 2.35. The summed E-state index contributed by atoms with van der Waals surface area (Å²) in [4.78, 5) is 0. The second kappa shape index (κ2) is 6.51. The Morgan fingerprint density at radius 2 is 2.06 bits per heavy atom. The Morgan fingerprint density at radius 1 is 1.31 bits per heavy atom. The smallest absolute Gasteiger partial charge is 0.119 e. The third kappa shape index (κ3) is 3.51. The first-order chi connectivity index (χ1) is 7.71. The molecular formula is C13H21NO2. The number of likely N-dealkylation sites (N-methyl/N-ethyl adjacent to an activating group) is 1. The maximum absolute atomic E-state index is 5.34. The molecule has 2 unspecified atom stereocenters. The number of hydrogen-bond acceptors (Lipinski definition) is 3. The number of ether oxygens (including phenoxy) is 2. The largest absolute Gasteiger partial charge is 0.497 e. The van der Waals surface area contributed by atoms with Gasteiger partial charge in [-0.3, -0.25) is 0 Å². The highest BCUT2D eigenvalue weighted by molar-refractivity contribution is 5.29. The second-order valence-electron chi connectivity index (χ2n) is 3.89. The molecule has 0 aliphatic heterocycles. The van der Waals surface area contributed by atoms with Crippen molar-refractivity contribution >= 4 is 0 Å². The van der Waals surface area contributed by atoms with Gasteiger partial charge in [-0.15, -0.1) is 0 Å². The number of rotatable bonds is 6. The summed E-state index contributed by atoms with van der Waals surface area (Å²) in [6.07, 6.45) is 1.12. The third-order valence-corrected chi connectivity index (χ3v) is 2.90. The molecule has 0 aliphatic rings. The van der Waals surface area contributed by atoms with E-state index in [1.165, 1.54) is 5.56 Å². The monoisotopic (exact) mass is 223 g/mol. The molecule has 1 aromatic rings. The Balaban J connectivity index is 2.69. The Labute approximate surface area is 97.8 Å². The summed E-state index contributed by atoms with van der Waals surface area (Å²) in [5.74, 6) is 0.900. The van der Waals surface area contributed by atoms with Crippen molar-refractivity contribution in [3.05, 3.63) is 29.8 Å². The lowest BCUT2D eigenvalue weighted by atomic mass is 10.0. The fourth-order valence-electron chi connectivity index (χ4n) is 1.72. The van der Waals surface area contributed by atoms with Gasteiger partial charge in [-0.05, 0) is 38.1 Å². The topological polar surface area (TPSA) is 30.5 Å². The van der Waals surface area contributed by atoms with E-state index in [2.05, 4.69) is 24.4 Å². The fraction of sp³-hybridized carbons (Fsp3) is 0.538. The van der Waals surface area contributed by atoms with Gasteiger partial charge in [0.15, 0.2) is 0 Å². The minimum atomic E-state index is 0.191. The van der Waals surface area contributed by atoms with Crippen LogP contribution >= 0.6 is 0 Å². The van der Waals surface area contributed by atoms with E-state index in [0.717, 1.165) is 12.2 Å². The zero-order chi connectivity index (χ0) is 12.0. The minimum Gasteiger partial charge on any atom is -0.497 e. The van der Waals surface area contributed by atoms with Crippen molar-refractivity contribution in [2.45, 2.75) is 25.5 Å². The van der Waals surface area contributed by atoms with Crippen molar-refractivity contribution in [1.29, 1.82) is 0 Å². The molecule has 2 atom stereocenters. The van der Waals surface area contributed by atoms with Crippen molar-refractivity contribution in [3.63, 3.8) is 0 Å². The number of benzene rings is 1. The van der Waals surface area contributed by atoms with Gasteiger partial charge in [0, 0.05) is 13.2 Å². The summed E-state index contributed by atoms with van der Waals surface area (Å²) < 4.78 is 10.5. The zero-order valence-corrected chi connectivity index (χ0v) is 10.5. The molecule has 0 radical (unpaired) electrons. The number of nitrogens with one attached hydrogen (secondary N) is 1. The van der Waals surface area contributed by atoms with Crippen LogP contribution in [0.4, 0.5) is 0 Å². The van der Waals surface area contributed by atoms with Gasteiger partial charge < -0.3 is 14.8 Å². The first kappa shape index (κ1) is 13.0. The van der Waals surface area contributed by atoms with E-state index in [4.69, 9.17) is 9.47 Å². The molecule has 0 heterocycles. The van der Waals surface area contributed by atoms with Gasteiger partial charge in [0.25, 0.3) is 0 Å². The zero-order valence-electron chi connectivity index (χ0n) is 10.5. The van der Waals surface area contributed by atoms with Crippen LogP contribution in [0.2, 0.25) is 0 Å². The summed E-state index contributed by atoms with van der Waals surface area (Å²) in [5.41, 5.74) is 1.25. The Hall–Kier alpha value is -1.06. The Morgan fingerprint density at radius 3 is 2.62 bits per heavy atom. The first-order valence-electron chi connectivity index (χ1n) is 5.54. The van der Waals surface area contributed by atoms with Crippen LogP contribution < -0.4 is 10.1 Å². The molecule has 16 heavy (non-hydrogen) atoms. The molecule has 90 valence electrons. The van der Waals surface area contributed by atoms with Crippen LogP contribution in [0.5, 0.6) is 5.75 Å². The van der Waals surface area contributed by atoms with Crippen LogP contribution in [0.1, 0.15) is 12.5 Å². The van der Waals surface area contributed by atoms with E-state index >= 15 is 0 Å². The molecule has 0 spiro atoms. The van der Waals surface area contributed by atoms with Crippen LogP contribution in [-0.2, 0) is 11.2 Å². The van der Waals surface area contributed by atoms with E-state index in [0.29, 0.717) is 6.04 Å². The van der Waals surface area contributed by atoms with Crippen LogP contribution in [0.3, 0.4) is 0 Å². The minimum absolute atomic E-state index is 0.191. The molecular weight excluding hydrogens is 202 g/mol. The van der Waals surface area contributed by atoms with E-state index in [9.17, 15) is 0 Å². The molecule has 0 aromatic heterocycles. The lowest BCUT2D eigenvalue weighted by Gasteiger charge is -2.22. The quantitative estimate of drug-likeness (QED) is 0.798. The highest BCUT2D eigenvalue weighted by atomic mass is 16.5. The van der Waals surface area contributed by atoms with Crippen molar-refractivity contribution in [2.24, 2.45) is 0 Å². The highest BCUT2D eigenvalue weighted by Crippen LogP contribution is 2.15. The molecule has 3 heteroatoms. The van der Waals surface area contributed by atoms with Gasteiger partial charge in [0.1, 0.15) is 5.75 Å². The first-order valence-corrected chi connectivity index (χ1v) is 5.54. The SMILES string of the molecule is CNC(Cc1cccc(OC)c1)C(C)OC. The molecule has 1 N–H and O–H groups in total. The lowest BCUT2D eigenvalue weighted by Crippen LogP contribution is -2.38. The molecule has 0 aliphatic carbocycles. The third-order valence-electron chi connectivity index (χ3n) is 2.90. The predicted molar refractivity (Wildman–Crippen MR) is 66.0 cm³/mol. The van der Waals surface area contributed by atoms with Gasteiger partial charge in [0.05, 0.1) is 13.2 Å². The molecule has 0 amide bonds. The van der Waals surface area contributed by atoms with Crippen molar-refractivity contribution in [1.82, 2.24) is 5.32 Å². The molecule has 0 bridgehead atoms. The van der Waals surface area contributed by atoms with Crippen LogP contribution in [0.25, 0.3) is 0 Å². The fourth-order valence-corrected chi connectivity index (χ4v) is 1.72. The summed E-state index contributed by atoms with van der Waals surface area (Å²) in [6.45, 7) is 2.07. The van der Waals surface area contributed by atoms with Gasteiger partial charge in [-0.25, -0.2) is 0 Å². The van der Waals surface area contributed by atoms with Gasteiger partial charge in [-0.2, -0.15) is 0 Å². The number of methoxy groups -OCH3 is 2.